The molecule has 2 aliphatic rings. The molecule has 2 heterocycles. The van der Waals surface area contributed by atoms with E-state index in [4.69, 9.17) is 9.47 Å². The standard InChI is InChI=1S/C19H20F2N2O4S/c20-15-2-1-3-16(21)19(15)28(24,25)23-8-6-22(7-9-23)13-14-4-5-17-18(12-14)27-11-10-26-17/h1-5,12H,6-11,13H2. The number of rotatable bonds is 4. The monoisotopic (exact) mass is 410 g/mol. The maximum absolute atomic E-state index is 13.9. The van der Waals surface area contributed by atoms with Crippen molar-refractivity contribution in [2.24, 2.45) is 0 Å². The van der Waals surface area contributed by atoms with Gasteiger partial charge in [-0.2, -0.15) is 4.31 Å². The van der Waals surface area contributed by atoms with Crippen molar-refractivity contribution < 1.29 is 26.7 Å². The fourth-order valence-corrected chi connectivity index (χ4v) is 4.96. The van der Waals surface area contributed by atoms with Crippen LogP contribution < -0.4 is 9.47 Å². The Balaban J connectivity index is 1.42. The first-order valence-electron chi connectivity index (χ1n) is 9.00. The molecule has 9 heteroatoms. The third-order valence-corrected chi connectivity index (χ3v) is 6.81. The zero-order chi connectivity index (χ0) is 19.7. The molecule has 0 aromatic heterocycles. The number of sulfonamides is 1. The van der Waals surface area contributed by atoms with Crippen LogP contribution in [0.2, 0.25) is 0 Å². The second-order valence-corrected chi connectivity index (χ2v) is 8.58. The number of benzene rings is 2. The number of hydrogen-bond acceptors (Lipinski definition) is 5. The van der Waals surface area contributed by atoms with E-state index in [2.05, 4.69) is 4.90 Å². The van der Waals surface area contributed by atoms with Gasteiger partial charge < -0.3 is 9.47 Å². The first-order valence-corrected chi connectivity index (χ1v) is 10.4. The Labute approximate surface area is 162 Å². The molecular formula is C19H20F2N2O4S. The Kier molecular flexibility index (Phi) is 5.22. The Hall–Kier alpha value is -2.23. The molecule has 150 valence electrons. The van der Waals surface area contributed by atoms with Crippen molar-refractivity contribution in [3.8, 4) is 11.5 Å². The molecule has 1 saturated heterocycles. The molecule has 0 amide bonds. The molecule has 0 atom stereocenters. The van der Waals surface area contributed by atoms with Gasteiger partial charge in [0.05, 0.1) is 0 Å². The van der Waals surface area contributed by atoms with Gasteiger partial charge in [0.15, 0.2) is 16.4 Å². The smallest absolute Gasteiger partial charge is 0.249 e. The molecule has 2 aromatic carbocycles. The van der Waals surface area contributed by atoms with E-state index in [1.807, 2.05) is 18.2 Å². The number of piperazine rings is 1. The highest BCUT2D eigenvalue weighted by Gasteiger charge is 2.33. The van der Waals surface area contributed by atoms with Crippen LogP contribution in [0, 0.1) is 11.6 Å². The summed E-state index contributed by atoms with van der Waals surface area (Å²) >= 11 is 0. The van der Waals surface area contributed by atoms with Gasteiger partial charge in [0, 0.05) is 32.7 Å². The molecule has 1 fully saturated rings. The third-order valence-electron chi connectivity index (χ3n) is 4.86. The first-order chi connectivity index (χ1) is 13.4. The van der Waals surface area contributed by atoms with Crippen LogP contribution in [0.5, 0.6) is 11.5 Å². The van der Waals surface area contributed by atoms with Crippen LogP contribution >= 0.6 is 0 Å². The van der Waals surface area contributed by atoms with Gasteiger partial charge in [-0.05, 0) is 29.8 Å². The van der Waals surface area contributed by atoms with Gasteiger partial charge in [-0.1, -0.05) is 12.1 Å². The Bertz CT molecular complexity index is 956. The zero-order valence-electron chi connectivity index (χ0n) is 15.1. The van der Waals surface area contributed by atoms with Crippen molar-refractivity contribution in [2.75, 3.05) is 39.4 Å². The van der Waals surface area contributed by atoms with Crippen LogP contribution in [0.25, 0.3) is 0 Å². The van der Waals surface area contributed by atoms with Gasteiger partial charge in [-0.15, -0.1) is 0 Å². The van der Waals surface area contributed by atoms with Crippen molar-refractivity contribution in [3.05, 3.63) is 53.6 Å². The maximum atomic E-state index is 13.9. The molecule has 6 nitrogen and oxygen atoms in total. The zero-order valence-corrected chi connectivity index (χ0v) is 15.9. The lowest BCUT2D eigenvalue weighted by molar-refractivity contribution is 0.168. The van der Waals surface area contributed by atoms with E-state index in [-0.39, 0.29) is 13.1 Å². The maximum Gasteiger partial charge on any atom is 0.249 e. The van der Waals surface area contributed by atoms with Crippen molar-refractivity contribution in [1.82, 2.24) is 9.21 Å². The summed E-state index contributed by atoms with van der Waals surface area (Å²) < 4.78 is 65.4. The molecule has 2 aliphatic heterocycles. The van der Waals surface area contributed by atoms with E-state index in [1.165, 1.54) is 0 Å². The molecule has 0 unspecified atom stereocenters. The minimum Gasteiger partial charge on any atom is -0.486 e. The minimum absolute atomic E-state index is 0.167. The van der Waals surface area contributed by atoms with E-state index in [0.29, 0.717) is 38.6 Å². The van der Waals surface area contributed by atoms with Gasteiger partial charge in [-0.25, -0.2) is 17.2 Å². The summed E-state index contributed by atoms with van der Waals surface area (Å²) in [5, 5.41) is 0. The summed E-state index contributed by atoms with van der Waals surface area (Å²) in [7, 11) is -4.21. The number of hydrogen-bond donors (Lipinski definition) is 0. The molecule has 28 heavy (non-hydrogen) atoms. The van der Waals surface area contributed by atoms with E-state index >= 15 is 0 Å². The van der Waals surface area contributed by atoms with Gasteiger partial charge in [0.25, 0.3) is 0 Å². The van der Waals surface area contributed by atoms with E-state index in [9.17, 15) is 17.2 Å². The minimum atomic E-state index is -4.21. The van der Waals surface area contributed by atoms with Crippen molar-refractivity contribution in [3.63, 3.8) is 0 Å². The largest absolute Gasteiger partial charge is 0.486 e. The van der Waals surface area contributed by atoms with Gasteiger partial charge in [0.2, 0.25) is 10.0 Å². The van der Waals surface area contributed by atoms with Gasteiger partial charge >= 0.3 is 0 Å². The molecule has 0 spiro atoms. The Morgan fingerprint density at radius 2 is 1.54 bits per heavy atom. The third kappa shape index (κ3) is 3.69. The second kappa shape index (κ2) is 7.65. The summed E-state index contributed by atoms with van der Waals surface area (Å²) in [4.78, 5) is 1.21. The summed E-state index contributed by atoms with van der Waals surface area (Å²) in [5.74, 6) is -0.713. The average Bonchev–Trinajstić information content (AvgIpc) is 2.68. The van der Waals surface area contributed by atoms with Crippen molar-refractivity contribution >= 4 is 10.0 Å². The fraction of sp³-hybridized carbons (Fsp3) is 0.368. The van der Waals surface area contributed by atoms with Crippen LogP contribution in [0.15, 0.2) is 41.3 Å². The van der Waals surface area contributed by atoms with Crippen LogP contribution in [0.3, 0.4) is 0 Å². The Morgan fingerprint density at radius 3 is 2.21 bits per heavy atom. The van der Waals surface area contributed by atoms with E-state index in [0.717, 1.165) is 33.8 Å². The fourth-order valence-electron chi connectivity index (χ4n) is 3.43. The summed E-state index contributed by atoms with van der Waals surface area (Å²) in [6, 6.07) is 8.79. The lowest BCUT2D eigenvalue weighted by Crippen LogP contribution is -2.48. The molecule has 0 bridgehead atoms. The molecule has 2 aromatic rings. The number of halogens is 2. The molecule has 0 saturated carbocycles. The SMILES string of the molecule is O=S(=O)(c1c(F)cccc1F)N1CCN(Cc2ccc3c(c2)OCCO3)CC1. The molecule has 0 aliphatic carbocycles. The predicted molar refractivity (Wildman–Crippen MR) is 97.8 cm³/mol. The number of fused-ring (bicyclic) bond motifs is 1. The Morgan fingerprint density at radius 1 is 0.893 bits per heavy atom. The summed E-state index contributed by atoms with van der Waals surface area (Å²) in [5.41, 5.74) is 1.03. The number of nitrogens with zero attached hydrogens (tertiary/aromatic N) is 2. The van der Waals surface area contributed by atoms with E-state index in [1.54, 1.807) is 0 Å². The van der Waals surface area contributed by atoms with Crippen LogP contribution in [0.1, 0.15) is 5.56 Å². The first kappa shape index (κ1) is 19.1. The van der Waals surface area contributed by atoms with Crippen LogP contribution in [-0.4, -0.2) is 57.0 Å². The highest BCUT2D eigenvalue weighted by atomic mass is 32.2. The number of ether oxygens (including phenoxy) is 2. The van der Waals surface area contributed by atoms with Gasteiger partial charge in [0.1, 0.15) is 24.8 Å². The highest BCUT2D eigenvalue weighted by Crippen LogP contribution is 2.31. The van der Waals surface area contributed by atoms with Crippen molar-refractivity contribution in [1.29, 1.82) is 0 Å². The quantitative estimate of drug-likeness (QED) is 0.774. The van der Waals surface area contributed by atoms with Crippen LogP contribution in [0.4, 0.5) is 8.78 Å². The molecule has 4 rings (SSSR count). The topological polar surface area (TPSA) is 59.1 Å². The lowest BCUT2D eigenvalue weighted by Gasteiger charge is -2.34. The molecule has 0 radical (unpaired) electrons. The van der Waals surface area contributed by atoms with Crippen LogP contribution in [-0.2, 0) is 16.6 Å². The lowest BCUT2D eigenvalue weighted by atomic mass is 10.1. The average molecular weight is 410 g/mol. The second-order valence-electron chi connectivity index (χ2n) is 6.71. The normalized spacial score (nSPS) is 18.2. The molecule has 0 N–H and O–H groups in total. The van der Waals surface area contributed by atoms with Crippen molar-refractivity contribution in [2.45, 2.75) is 11.4 Å². The highest BCUT2D eigenvalue weighted by molar-refractivity contribution is 7.89. The summed E-state index contributed by atoms with van der Waals surface area (Å²) in [6.07, 6.45) is 0. The van der Waals surface area contributed by atoms with E-state index < -0.39 is 26.6 Å². The van der Waals surface area contributed by atoms with Gasteiger partial charge in [-0.3, -0.25) is 4.90 Å². The molecular weight excluding hydrogens is 390 g/mol. The summed E-state index contributed by atoms with van der Waals surface area (Å²) in [6.45, 7) is 2.93. The predicted octanol–water partition coefficient (Wildman–Crippen LogP) is 2.24.